The molecule has 1 aromatic heterocycles. The van der Waals surface area contributed by atoms with Crippen LogP contribution in [0, 0.1) is 0 Å². The van der Waals surface area contributed by atoms with E-state index in [1.54, 1.807) is 6.26 Å². The Morgan fingerprint density at radius 3 is 3.31 bits per heavy atom. The molecule has 1 aliphatic heterocycles. The molecule has 0 atom stereocenters. The van der Waals surface area contributed by atoms with Crippen LogP contribution in [0.1, 0.15) is 5.76 Å². The number of guanidine groups is 1. The normalized spacial score (nSPS) is 15.2. The minimum Gasteiger partial charge on any atom is -0.469 e. The van der Waals surface area contributed by atoms with Crippen molar-refractivity contribution >= 4 is 5.96 Å². The van der Waals surface area contributed by atoms with Gasteiger partial charge in [0.05, 0.1) is 12.8 Å². The van der Waals surface area contributed by atoms with E-state index in [4.69, 9.17) is 4.42 Å². The lowest BCUT2D eigenvalue weighted by Crippen LogP contribution is -2.34. The Morgan fingerprint density at radius 2 is 2.62 bits per heavy atom. The molecule has 2 rings (SSSR count). The maximum absolute atomic E-state index is 5.20. The summed E-state index contributed by atoms with van der Waals surface area (Å²) >= 11 is 0. The Balaban J connectivity index is 1.69. The van der Waals surface area contributed by atoms with Gasteiger partial charge in [-0.3, -0.25) is 4.99 Å². The average Bonchev–Trinajstić information content (AvgIpc) is 2.75. The summed E-state index contributed by atoms with van der Waals surface area (Å²) in [5.41, 5.74) is 0. The quantitative estimate of drug-likeness (QED) is 0.705. The molecule has 0 radical (unpaired) electrons. The van der Waals surface area contributed by atoms with Gasteiger partial charge < -0.3 is 15.1 Å². The van der Waals surface area contributed by atoms with Gasteiger partial charge in [0.2, 0.25) is 0 Å². The van der Waals surface area contributed by atoms with E-state index in [-0.39, 0.29) is 0 Å². The van der Waals surface area contributed by atoms with Crippen molar-refractivity contribution < 1.29 is 4.42 Å². The van der Waals surface area contributed by atoms with Gasteiger partial charge in [0.1, 0.15) is 5.76 Å². The molecule has 0 spiro atoms. The van der Waals surface area contributed by atoms with Gasteiger partial charge in [-0.05, 0) is 12.1 Å². The van der Waals surface area contributed by atoms with Crippen molar-refractivity contribution in [1.82, 2.24) is 10.6 Å². The second kappa shape index (κ2) is 3.98. The van der Waals surface area contributed by atoms with E-state index in [9.17, 15) is 0 Å². The Bertz CT molecular complexity index is 279. The van der Waals surface area contributed by atoms with Gasteiger partial charge in [-0.1, -0.05) is 0 Å². The van der Waals surface area contributed by atoms with Gasteiger partial charge in [0.25, 0.3) is 0 Å². The van der Waals surface area contributed by atoms with E-state index in [1.807, 2.05) is 12.1 Å². The second-order valence-electron chi connectivity index (χ2n) is 2.91. The van der Waals surface area contributed by atoms with Crippen LogP contribution in [0.3, 0.4) is 0 Å². The van der Waals surface area contributed by atoms with E-state index < -0.39 is 0 Å². The maximum Gasteiger partial charge on any atom is 0.191 e. The van der Waals surface area contributed by atoms with E-state index in [1.165, 1.54) is 0 Å². The molecule has 1 aromatic rings. The molecule has 0 aliphatic carbocycles. The van der Waals surface area contributed by atoms with Crippen LogP contribution < -0.4 is 10.6 Å². The molecule has 0 amide bonds. The summed E-state index contributed by atoms with van der Waals surface area (Å²) < 4.78 is 5.20. The minimum atomic E-state index is 0.860. The predicted molar refractivity (Wildman–Crippen MR) is 50.7 cm³/mol. The van der Waals surface area contributed by atoms with Crippen LogP contribution in [0.2, 0.25) is 0 Å². The molecule has 0 fully saturated rings. The fraction of sp³-hybridized carbons (Fsp3) is 0.444. The fourth-order valence-corrected chi connectivity index (χ4v) is 1.28. The lowest BCUT2D eigenvalue weighted by atomic mass is 10.3. The van der Waals surface area contributed by atoms with Crippen LogP contribution >= 0.6 is 0 Å². The lowest BCUT2D eigenvalue weighted by molar-refractivity contribution is 0.507. The first kappa shape index (κ1) is 8.16. The van der Waals surface area contributed by atoms with Crippen molar-refractivity contribution in [3.05, 3.63) is 24.2 Å². The first-order valence-corrected chi connectivity index (χ1v) is 4.50. The molecule has 2 N–H and O–H groups in total. The third kappa shape index (κ3) is 2.24. The van der Waals surface area contributed by atoms with Gasteiger partial charge in [-0.25, -0.2) is 0 Å². The highest BCUT2D eigenvalue weighted by Gasteiger charge is 2.03. The summed E-state index contributed by atoms with van der Waals surface area (Å²) in [5, 5.41) is 6.34. The SMILES string of the molecule is c1coc(CCNC2=NCCN2)c1. The van der Waals surface area contributed by atoms with Gasteiger partial charge in [0.15, 0.2) is 5.96 Å². The summed E-state index contributed by atoms with van der Waals surface area (Å²) in [4.78, 5) is 4.22. The number of aliphatic imine (C=N–C) groups is 1. The molecular formula is C9H13N3O. The molecule has 0 saturated heterocycles. The highest BCUT2D eigenvalue weighted by atomic mass is 16.3. The zero-order valence-corrected chi connectivity index (χ0v) is 7.42. The topological polar surface area (TPSA) is 49.6 Å². The van der Waals surface area contributed by atoms with Gasteiger partial charge in [0, 0.05) is 19.5 Å². The van der Waals surface area contributed by atoms with E-state index in [0.717, 1.165) is 37.8 Å². The summed E-state index contributed by atoms with van der Waals surface area (Å²) in [5.74, 6) is 1.91. The number of nitrogens with zero attached hydrogens (tertiary/aromatic N) is 1. The smallest absolute Gasteiger partial charge is 0.191 e. The Morgan fingerprint density at radius 1 is 1.62 bits per heavy atom. The standard InChI is InChI=1S/C9H13N3O/c1-2-8(13-7-1)3-4-10-9-11-5-6-12-9/h1-2,7H,3-6H2,(H2,10,11,12). The minimum absolute atomic E-state index is 0.860. The highest BCUT2D eigenvalue weighted by Crippen LogP contribution is 1.99. The van der Waals surface area contributed by atoms with Crippen LogP contribution in [0.25, 0.3) is 0 Å². The van der Waals surface area contributed by atoms with Crippen LogP contribution in [0.4, 0.5) is 0 Å². The van der Waals surface area contributed by atoms with Crippen LogP contribution in [0.15, 0.2) is 27.8 Å². The van der Waals surface area contributed by atoms with Crippen molar-refractivity contribution in [3.63, 3.8) is 0 Å². The summed E-state index contributed by atoms with van der Waals surface area (Å²) in [7, 11) is 0. The van der Waals surface area contributed by atoms with E-state index >= 15 is 0 Å². The van der Waals surface area contributed by atoms with E-state index in [0.29, 0.717) is 0 Å². The van der Waals surface area contributed by atoms with Crippen molar-refractivity contribution in [3.8, 4) is 0 Å². The second-order valence-corrected chi connectivity index (χ2v) is 2.91. The zero-order valence-electron chi connectivity index (χ0n) is 7.42. The largest absolute Gasteiger partial charge is 0.469 e. The molecule has 13 heavy (non-hydrogen) atoms. The zero-order chi connectivity index (χ0) is 8.93. The highest BCUT2D eigenvalue weighted by molar-refractivity contribution is 5.81. The lowest BCUT2D eigenvalue weighted by Gasteiger charge is -2.04. The average molecular weight is 179 g/mol. The van der Waals surface area contributed by atoms with Crippen molar-refractivity contribution in [1.29, 1.82) is 0 Å². The summed E-state index contributed by atoms with van der Waals surface area (Å²) in [6.07, 6.45) is 2.59. The monoisotopic (exact) mass is 179 g/mol. The summed E-state index contributed by atoms with van der Waals surface area (Å²) in [6, 6.07) is 3.88. The fourth-order valence-electron chi connectivity index (χ4n) is 1.28. The molecule has 0 unspecified atom stereocenters. The Hall–Kier alpha value is -1.45. The Kier molecular flexibility index (Phi) is 2.50. The maximum atomic E-state index is 5.20. The molecular weight excluding hydrogens is 166 g/mol. The molecule has 4 heteroatoms. The van der Waals surface area contributed by atoms with Crippen molar-refractivity contribution in [2.45, 2.75) is 6.42 Å². The molecule has 0 bridgehead atoms. The molecule has 4 nitrogen and oxygen atoms in total. The number of hydrogen-bond acceptors (Lipinski definition) is 4. The first-order valence-electron chi connectivity index (χ1n) is 4.50. The molecule has 70 valence electrons. The molecule has 0 aromatic carbocycles. The molecule has 2 heterocycles. The van der Waals surface area contributed by atoms with Crippen LogP contribution in [-0.2, 0) is 6.42 Å². The van der Waals surface area contributed by atoms with Gasteiger partial charge in [-0.2, -0.15) is 0 Å². The third-order valence-electron chi connectivity index (χ3n) is 1.92. The third-order valence-corrected chi connectivity index (χ3v) is 1.92. The molecule has 0 saturated carbocycles. The van der Waals surface area contributed by atoms with Gasteiger partial charge in [-0.15, -0.1) is 0 Å². The van der Waals surface area contributed by atoms with Crippen molar-refractivity contribution in [2.24, 2.45) is 4.99 Å². The first-order chi connectivity index (χ1) is 6.45. The van der Waals surface area contributed by atoms with Crippen LogP contribution in [0.5, 0.6) is 0 Å². The molecule has 1 aliphatic rings. The van der Waals surface area contributed by atoms with E-state index in [2.05, 4.69) is 15.6 Å². The predicted octanol–water partition coefficient (Wildman–Crippen LogP) is 0.371. The van der Waals surface area contributed by atoms with Gasteiger partial charge >= 0.3 is 0 Å². The number of hydrogen-bond donors (Lipinski definition) is 2. The van der Waals surface area contributed by atoms with Crippen LogP contribution in [-0.4, -0.2) is 25.6 Å². The number of furan rings is 1. The van der Waals surface area contributed by atoms with Crippen molar-refractivity contribution in [2.75, 3.05) is 19.6 Å². The number of rotatable bonds is 3. The Labute approximate surface area is 77.0 Å². The summed E-state index contributed by atoms with van der Waals surface area (Å²) in [6.45, 7) is 2.69. The number of nitrogens with one attached hydrogen (secondary N) is 2.